The summed E-state index contributed by atoms with van der Waals surface area (Å²) in [5.74, 6) is 0. The molecule has 11 aromatic rings. The van der Waals surface area contributed by atoms with Gasteiger partial charge in [0.1, 0.15) is 5.58 Å². The highest BCUT2D eigenvalue weighted by molar-refractivity contribution is 7.25. The monoisotopic (exact) mass is 630 g/mol. The highest BCUT2D eigenvalue weighted by Gasteiger charge is 2.22. The molecule has 3 nitrogen and oxygen atoms in total. The molecule has 4 aromatic heterocycles. The van der Waals surface area contributed by atoms with Crippen LogP contribution in [0.4, 0.5) is 0 Å². The van der Waals surface area contributed by atoms with Gasteiger partial charge < -0.3 is 8.98 Å². The highest BCUT2D eigenvalue weighted by atomic mass is 32.1. The fourth-order valence-electron chi connectivity index (χ4n) is 7.88. The Morgan fingerprint density at radius 1 is 0.417 bits per heavy atom. The van der Waals surface area contributed by atoms with Gasteiger partial charge in [-0.1, -0.05) is 103 Å². The van der Waals surface area contributed by atoms with Gasteiger partial charge in [0.15, 0.2) is 0 Å². The second-order valence-corrected chi connectivity index (χ2v) is 13.6. The summed E-state index contributed by atoms with van der Waals surface area (Å²) in [6.45, 7) is 0. The molecule has 0 N–H and O–H groups in total. The van der Waals surface area contributed by atoms with Crippen molar-refractivity contribution in [1.29, 1.82) is 0 Å². The number of aromatic nitrogens is 2. The number of hydrogen-bond acceptors (Lipinski definition) is 2. The average molecular weight is 631 g/mol. The third-order valence-corrected chi connectivity index (χ3v) is 11.1. The molecule has 0 aliphatic heterocycles. The van der Waals surface area contributed by atoms with E-state index < -0.39 is 0 Å². The van der Waals surface area contributed by atoms with Gasteiger partial charge in [0.25, 0.3) is 0 Å². The van der Waals surface area contributed by atoms with Gasteiger partial charge in [0, 0.05) is 53.1 Å². The van der Waals surface area contributed by atoms with E-state index in [-0.39, 0.29) is 0 Å². The molecule has 0 radical (unpaired) electrons. The topological polar surface area (TPSA) is 23.0 Å². The molecule has 0 spiro atoms. The third-order valence-electron chi connectivity index (χ3n) is 9.93. The lowest BCUT2D eigenvalue weighted by Crippen LogP contribution is -1.92. The second-order valence-electron chi connectivity index (χ2n) is 12.5. The second kappa shape index (κ2) is 9.71. The van der Waals surface area contributed by atoms with E-state index in [1.807, 2.05) is 11.3 Å². The number of rotatable bonds is 3. The number of thiophene rings is 1. The van der Waals surface area contributed by atoms with E-state index in [1.54, 1.807) is 0 Å². The predicted octanol–water partition coefficient (Wildman–Crippen LogP) is 12.7. The van der Waals surface area contributed by atoms with Crippen LogP contribution < -0.4 is 0 Å². The molecular formula is C44H26N2OS. The van der Waals surface area contributed by atoms with Crippen molar-refractivity contribution in [3.63, 3.8) is 0 Å². The summed E-state index contributed by atoms with van der Waals surface area (Å²) >= 11 is 1.87. The van der Waals surface area contributed by atoms with Gasteiger partial charge in [-0.05, 0) is 65.7 Å². The molecule has 11 rings (SSSR count). The number of benzene rings is 7. The third kappa shape index (κ3) is 3.52. The van der Waals surface area contributed by atoms with Crippen molar-refractivity contribution in [2.75, 3.05) is 0 Å². The molecule has 7 aromatic carbocycles. The van der Waals surface area contributed by atoms with Gasteiger partial charge in [0.05, 0.1) is 21.9 Å². The summed E-state index contributed by atoms with van der Waals surface area (Å²) in [6.07, 6.45) is 0. The number of fused-ring (bicyclic) bond motifs is 11. The Bertz CT molecular complexity index is 3010. The van der Waals surface area contributed by atoms with Crippen molar-refractivity contribution in [2.45, 2.75) is 0 Å². The van der Waals surface area contributed by atoms with Crippen LogP contribution in [0.5, 0.6) is 0 Å². The number of hydrogen-bond donors (Lipinski definition) is 0. The van der Waals surface area contributed by atoms with Crippen LogP contribution in [0.25, 0.3) is 97.5 Å². The Balaban J connectivity index is 1.11. The normalized spacial score (nSPS) is 12.2. The zero-order valence-corrected chi connectivity index (χ0v) is 26.5. The van der Waals surface area contributed by atoms with Crippen LogP contribution in [0.2, 0.25) is 0 Å². The van der Waals surface area contributed by atoms with Crippen LogP contribution in [-0.4, -0.2) is 9.13 Å². The van der Waals surface area contributed by atoms with Crippen molar-refractivity contribution in [3.8, 4) is 22.5 Å². The number of para-hydroxylation sites is 4. The zero-order chi connectivity index (χ0) is 31.3. The molecule has 4 heteroatoms. The minimum atomic E-state index is 0.880. The highest BCUT2D eigenvalue weighted by Crippen LogP contribution is 2.45. The van der Waals surface area contributed by atoms with E-state index in [2.05, 4.69) is 167 Å². The first kappa shape index (κ1) is 26.0. The molecular weight excluding hydrogens is 605 g/mol. The van der Waals surface area contributed by atoms with Crippen LogP contribution in [0.1, 0.15) is 0 Å². The molecule has 0 saturated carbocycles. The molecule has 48 heavy (non-hydrogen) atoms. The minimum Gasteiger partial charge on any atom is -0.439 e. The van der Waals surface area contributed by atoms with Gasteiger partial charge in [-0.25, -0.2) is 0 Å². The van der Waals surface area contributed by atoms with Crippen LogP contribution in [0.15, 0.2) is 162 Å². The van der Waals surface area contributed by atoms with Crippen LogP contribution in [-0.2, 0) is 0 Å². The fraction of sp³-hybridized carbons (Fsp3) is 0. The molecule has 0 fully saturated rings. The molecule has 0 aliphatic carbocycles. The first-order chi connectivity index (χ1) is 23.8. The lowest BCUT2D eigenvalue weighted by molar-refractivity contribution is 0.645. The summed E-state index contributed by atoms with van der Waals surface area (Å²) in [6, 6.07) is 56.8. The Labute approximate surface area is 279 Å². The first-order valence-corrected chi connectivity index (χ1v) is 17.1. The quantitative estimate of drug-likeness (QED) is 0.190. The first-order valence-electron chi connectivity index (χ1n) is 16.3. The summed E-state index contributed by atoms with van der Waals surface area (Å²) < 4.78 is 13.9. The van der Waals surface area contributed by atoms with Crippen LogP contribution >= 0.6 is 11.3 Å². The number of furan rings is 1. The van der Waals surface area contributed by atoms with E-state index in [0.29, 0.717) is 0 Å². The molecule has 0 atom stereocenters. The number of nitrogens with zero attached hydrogens (tertiary/aromatic N) is 2. The predicted molar refractivity (Wildman–Crippen MR) is 203 cm³/mol. The van der Waals surface area contributed by atoms with E-state index >= 15 is 0 Å². The standard InChI is InChI=1S/C44H26N2OS/c1-2-11-28(12-3-1)46-38-19-9-6-15-35(38)43-42-30(16-10-20-39(42)47-44(43)46)27-21-23-33-34-24-22-29(26-41(34)48-40(33)25-27)45-36-17-7-4-13-31(36)32-14-5-8-18-37(32)45/h1-26H. The van der Waals surface area contributed by atoms with Crippen molar-refractivity contribution in [3.05, 3.63) is 158 Å². The maximum Gasteiger partial charge on any atom is 0.213 e. The molecule has 0 saturated heterocycles. The largest absolute Gasteiger partial charge is 0.439 e. The van der Waals surface area contributed by atoms with Gasteiger partial charge in [0.2, 0.25) is 5.71 Å². The van der Waals surface area contributed by atoms with Gasteiger partial charge in [-0.2, -0.15) is 0 Å². The molecule has 0 aliphatic rings. The lowest BCUT2D eigenvalue weighted by atomic mass is 9.98. The van der Waals surface area contributed by atoms with E-state index in [1.165, 1.54) is 64.2 Å². The Morgan fingerprint density at radius 2 is 1.04 bits per heavy atom. The van der Waals surface area contributed by atoms with Gasteiger partial charge >= 0.3 is 0 Å². The van der Waals surface area contributed by atoms with Crippen molar-refractivity contribution < 1.29 is 4.42 Å². The van der Waals surface area contributed by atoms with Gasteiger partial charge in [-0.3, -0.25) is 4.57 Å². The molecule has 0 amide bonds. The zero-order valence-electron chi connectivity index (χ0n) is 25.7. The van der Waals surface area contributed by atoms with Crippen molar-refractivity contribution >= 4 is 86.3 Å². The summed E-state index contributed by atoms with van der Waals surface area (Å²) in [5.41, 5.74) is 10.1. The maximum absolute atomic E-state index is 6.69. The van der Waals surface area contributed by atoms with Gasteiger partial charge in [-0.15, -0.1) is 11.3 Å². The average Bonchev–Trinajstić information content (AvgIpc) is 3.88. The fourth-order valence-corrected chi connectivity index (χ4v) is 9.06. The van der Waals surface area contributed by atoms with Crippen molar-refractivity contribution in [1.82, 2.24) is 9.13 Å². The molecule has 0 unspecified atom stereocenters. The maximum atomic E-state index is 6.69. The lowest BCUT2D eigenvalue weighted by Gasteiger charge is -2.08. The van der Waals surface area contributed by atoms with Crippen LogP contribution in [0, 0.1) is 0 Å². The van der Waals surface area contributed by atoms with E-state index in [9.17, 15) is 0 Å². The van der Waals surface area contributed by atoms with E-state index in [4.69, 9.17) is 4.42 Å². The summed E-state index contributed by atoms with van der Waals surface area (Å²) in [4.78, 5) is 0. The minimum absolute atomic E-state index is 0.880. The van der Waals surface area contributed by atoms with Crippen LogP contribution in [0.3, 0.4) is 0 Å². The Kier molecular flexibility index (Phi) is 5.26. The molecule has 0 bridgehead atoms. The van der Waals surface area contributed by atoms with E-state index in [0.717, 1.165) is 33.3 Å². The smallest absolute Gasteiger partial charge is 0.213 e. The summed E-state index contributed by atoms with van der Waals surface area (Å²) in [5, 5.41) is 8.66. The Hall–Kier alpha value is -6.10. The van der Waals surface area contributed by atoms with Crippen molar-refractivity contribution in [2.24, 2.45) is 0 Å². The Morgan fingerprint density at radius 3 is 1.79 bits per heavy atom. The molecule has 224 valence electrons. The summed E-state index contributed by atoms with van der Waals surface area (Å²) in [7, 11) is 0. The SMILES string of the molecule is c1ccc(-n2c3ccccc3c3c4c(-c5ccc6c(c5)sc5cc(-n7c8ccccc8c8ccccc87)ccc56)cccc4oc32)cc1. The molecule has 4 heterocycles.